The number of nitrogens with zero attached hydrogens (tertiary/aromatic N) is 2. The fourth-order valence-electron chi connectivity index (χ4n) is 3.86. The maximum Gasteiger partial charge on any atom is 0.223 e. The zero-order valence-electron chi connectivity index (χ0n) is 14.5. The van der Waals surface area contributed by atoms with Gasteiger partial charge in [0, 0.05) is 18.7 Å². The molecule has 25 heavy (non-hydrogen) atoms. The van der Waals surface area contributed by atoms with E-state index in [0.717, 1.165) is 31.5 Å². The second-order valence-corrected chi connectivity index (χ2v) is 7.06. The van der Waals surface area contributed by atoms with Gasteiger partial charge in [-0.3, -0.25) is 9.48 Å². The molecule has 4 rings (SSSR count). The minimum atomic E-state index is -0.133. The van der Waals surface area contributed by atoms with Crippen LogP contribution in [0.1, 0.15) is 48.6 Å². The third kappa shape index (κ3) is 3.76. The molecule has 0 radical (unpaired) electrons. The van der Waals surface area contributed by atoms with Gasteiger partial charge in [0.2, 0.25) is 5.91 Å². The number of hydrogen-bond donors (Lipinski definition) is 1. The van der Waals surface area contributed by atoms with Gasteiger partial charge in [0.1, 0.15) is 6.10 Å². The fourth-order valence-corrected chi connectivity index (χ4v) is 3.86. The van der Waals surface area contributed by atoms with Crippen molar-refractivity contribution in [3.8, 4) is 0 Å². The lowest BCUT2D eigenvalue weighted by Gasteiger charge is -2.23. The van der Waals surface area contributed by atoms with Gasteiger partial charge in [0.15, 0.2) is 0 Å². The highest BCUT2D eigenvalue weighted by Gasteiger charge is 2.27. The molecule has 1 aliphatic carbocycles. The molecular formula is C20H25N3O2. The van der Waals surface area contributed by atoms with Gasteiger partial charge >= 0.3 is 0 Å². The molecule has 1 fully saturated rings. The summed E-state index contributed by atoms with van der Waals surface area (Å²) in [6, 6.07) is 10.3. The maximum absolute atomic E-state index is 12.3. The molecule has 2 aromatic rings. The minimum absolute atomic E-state index is 0.133. The third-order valence-electron chi connectivity index (χ3n) is 5.24. The van der Waals surface area contributed by atoms with Crippen molar-refractivity contribution >= 4 is 5.91 Å². The van der Waals surface area contributed by atoms with Gasteiger partial charge in [-0.1, -0.05) is 43.2 Å². The van der Waals surface area contributed by atoms with Crippen molar-refractivity contribution in [2.75, 3.05) is 13.2 Å². The number of amides is 1. The van der Waals surface area contributed by atoms with Crippen LogP contribution < -0.4 is 5.32 Å². The van der Waals surface area contributed by atoms with E-state index in [1.807, 2.05) is 22.9 Å². The van der Waals surface area contributed by atoms with Crippen LogP contribution in [0.15, 0.2) is 36.5 Å². The summed E-state index contributed by atoms with van der Waals surface area (Å²) in [7, 11) is 0. The summed E-state index contributed by atoms with van der Waals surface area (Å²) in [6.07, 6.45) is 7.26. The lowest BCUT2D eigenvalue weighted by molar-refractivity contribution is -0.125. The molecule has 1 aliphatic heterocycles. The number of carbonyl (C=O) groups excluding carboxylic acids is 1. The SMILES string of the molecule is O=C(NC[C@@H]1OCCc2cn(Cc3ccccc3)nc21)C1CCCC1. The number of rotatable bonds is 5. The Kier molecular flexibility index (Phi) is 4.83. The Balaban J connectivity index is 1.41. The zero-order chi connectivity index (χ0) is 17.1. The Labute approximate surface area is 148 Å². The van der Waals surface area contributed by atoms with Gasteiger partial charge in [0.25, 0.3) is 0 Å². The van der Waals surface area contributed by atoms with Crippen LogP contribution in [0.25, 0.3) is 0 Å². The van der Waals surface area contributed by atoms with Gasteiger partial charge < -0.3 is 10.1 Å². The number of fused-ring (bicyclic) bond motifs is 1. The Morgan fingerprint density at radius 3 is 2.84 bits per heavy atom. The number of aromatic nitrogens is 2. The molecule has 132 valence electrons. The second-order valence-electron chi connectivity index (χ2n) is 7.06. The number of benzene rings is 1. The van der Waals surface area contributed by atoms with Crippen LogP contribution in [-0.4, -0.2) is 28.8 Å². The molecule has 0 unspecified atom stereocenters. The highest BCUT2D eigenvalue weighted by atomic mass is 16.5. The fraction of sp³-hybridized carbons (Fsp3) is 0.500. The van der Waals surface area contributed by atoms with Crippen LogP contribution in [0.5, 0.6) is 0 Å². The molecule has 1 saturated carbocycles. The van der Waals surface area contributed by atoms with Crippen LogP contribution >= 0.6 is 0 Å². The van der Waals surface area contributed by atoms with Crippen molar-refractivity contribution < 1.29 is 9.53 Å². The molecule has 2 heterocycles. The van der Waals surface area contributed by atoms with Gasteiger partial charge in [-0.15, -0.1) is 0 Å². The standard InChI is InChI=1S/C20H25N3O2/c24-20(16-8-4-5-9-16)21-12-18-19-17(10-11-25-18)14-23(22-19)13-15-6-2-1-3-7-15/h1-3,6-7,14,16,18H,4-5,8-13H2,(H,21,24)/t18-/m0/s1. The van der Waals surface area contributed by atoms with Crippen LogP contribution in [-0.2, 0) is 22.5 Å². The average molecular weight is 339 g/mol. The molecule has 1 aromatic carbocycles. The number of hydrogen-bond acceptors (Lipinski definition) is 3. The lowest BCUT2D eigenvalue weighted by atomic mass is 10.1. The molecule has 0 saturated heterocycles. The molecular weight excluding hydrogens is 314 g/mol. The smallest absolute Gasteiger partial charge is 0.223 e. The van der Waals surface area contributed by atoms with Crippen LogP contribution in [0.2, 0.25) is 0 Å². The van der Waals surface area contributed by atoms with E-state index in [9.17, 15) is 4.79 Å². The number of nitrogens with one attached hydrogen (secondary N) is 1. The minimum Gasteiger partial charge on any atom is -0.370 e. The van der Waals surface area contributed by atoms with Crippen molar-refractivity contribution in [2.24, 2.45) is 5.92 Å². The summed E-state index contributed by atoms with van der Waals surface area (Å²) in [5.41, 5.74) is 3.45. The maximum atomic E-state index is 12.3. The van der Waals surface area contributed by atoms with E-state index >= 15 is 0 Å². The molecule has 1 aromatic heterocycles. The Bertz CT molecular complexity index is 720. The molecule has 0 bridgehead atoms. The molecule has 5 nitrogen and oxygen atoms in total. The third-order valence-corrected chi connectivity index (χ3v) is 5.24. The number of carbonyl (C=O) groups is 1. The van der Waals surface area contributed by atoms with Gasteiger partial charge in [-0.25, -0.2) is 0 Å². The second kappa shape index (κ2) is 7.40. The molecule has 1 atom stereocenters. The quantitative estimate of drug-likeness (QED) is 0.911. The van der Waals surface area contributed by atoms with Gasteiger partial charge in [0.05, 0.1) is 18.8 Å². The summed E-state index contributed by atoms with van der Waals surface area (Å²) >= 11 is 0. The van der Waals surface area contributed by atoms with Crippen LogP contribution in [0, 0.1) is 5.92 Å². The van der Waals surface area contributed by atoms with Crippen LogP contribution in [0.4, 0.5) is 0 Å². The van der Waals surface area contributed by atoms with E-state index in [1.165, 1.54) is 24.0 Å². The van der Waals surface area contributed by atoms with Crippen molar-refractivity contribution in [1.29, 1.82) is 0 Å². The first-order valence-electron chi connectivity index (χ1n) is 9.29. The summed E-state index contributed by atoms with van der Waals surface area (Å²) < 4.78 is 7.88. The monoisotopic (exact) mass is 339 g/mol. The summed E-state index contributed by atoms with van der Waals surface area (Å²) in [6.45, 7) is 1.97. The van der Waals surface area contributed by atoms with Crippen LogP contribution in [0.3, 0.4) is 0 Å². The van der Waals surface area contributed by atoms with E-state index in [0.29, 0.717) is 13.2 Å². The lowest BCUT2D eigenvalue weighted by Crippen LogP contribution is -2.35. The summed E-state index contributed by atoms with van der Waals surface area (Å²) in [5, 5.41) is 7.82. The van der Waals surface area contributed by atoms with E-state index in [2.05, 4.69) is 23.6 Å². The number of ether oxygens (including phenoxy) is 1. The van der Waals surface area contributed by atoms with Crippen molar-refractivity contribution in [1.82, 2.24) is 15.1 Å². The summed E-state index contributed by atoms with van der Waals surface area (Å²) in [5.74, 6) is 0.371. The Hall–Kier alpha value is -2.14. The van der Waals surface area contributed by atoms with E-state index in [4.69, 9.17) is 9.84 Å². The van der Waals surface area contributed by atoms with Gasteiger partial charge in [-0.2, -0.15) is 5.10 Å². The largest absolute Gasteiger partial charge is 0.370 e. The highest BCUT2D eigenvalue weighted by Crippen LogP contribution is 2.27. The first-order chi connectivity index (χ1) is 12.3. The Morgan fingerprint density at radius 2 is 2.04 bits per heavy atom. The topological polar surface area (TPSA) is 56.1 Å². The molecule has 5 heteroatoms. The summed E-state index contributed by atoms with van der Waals surface area (Å²) in [4.78, 5) is 12.3. The molecule has 0 spiro atoms. The van der Waals surface area contributed by atoms with E-state index in [-0.39, 0.29) is 17.9 Å². The molecule has 2 aliphatic rings. The molecule has 1 amide bonds. The average Bonchev–Trinajstić information content (AvgIpc) is 3.30. The highest BCUT2D eigenvalue weighted by molar-refractivity contribution is 5.78. The van der Waals surface area contributed by atoms with Crippen molar-refractivity contribution in [3.05, 3.63) is 53.3 Å². The van der Waals surface area contributed by atoms with Crippen molar-refractivity contribution in [3.63, 3.8) is 0 Å². The predicted octanol–water partition coefficient (Wildman–Crippen LogP) is 2.85. The van der Waals surface area contributed by atoms with E-state index < -0.39 is 0 Å². The first-order valence-corrected chi connectivity index (χ1v) is 9.29. The van der Waals surface area contributed by atoms with Gasteiger partial charge in [-0.05, 0) is 30.4 Å². The molecule has 1 N–H and O–H groups in total. The zero-order valence-corrected chi connectivity index (χ0v) is 14.5. The normalized spacial score (nSPS) is 20.4. The Morgan fingerprint density at radius 1 is 1.24 bits per heavy atom. The predicted molar refractivity (Wildman–Crippen MR) is 95.1 cm³/mol. The van der Waals surface area contributed by atoms with Crippen molar-refractivity contribution in [2.45, 2.75) is 44.8 Å². The first kappa shape index (κ1) is 16.3. The van der Waals surface area contributed by atoms with E-state index in [1.54, 1.807) is 0 Å².